The number of ketones is 1. The molecule has 0 radical (unpaired) electrons. The molecule has 0 aliphatic heterocycles. The highest BCUT2D eigenvalue weighted by molar-refractivity contribution is 5.97. The second-order valence-corrected chi connectivity index (χ2v) is 4.97. The first-order valence-electron chi connectivity index (χ1n) is 7.00. The highest BCUT2D eigenvalue weighted by Crippen LogP contribution is 2.14. The van der Waals surface area contributed by atoms with Crippen LogP contribution in [-0.4, -0.2) is 12.4 Å². The molecule has 0 bridgehead atoms. The van der Waals surface area contributed by atoms with E-state index in [1.807, 2.05) is 43.3 Å². The zero-order valence-corrected chi connectivity index (χ0v) is 12.1. The van der Waals surface area contributed by atoms with Crippen LogP contribution in [0.4, 0.5) is 0 Å². The smallest absolute Gasteiger partial charge is 0.200 e. The van der Waals surface area contributed by atoms with Crippen molar-refractivity contribution in [3.05, 3.63) is 65.2 Å². The van der Waals surface area contributed by atoms with Crippen molar-refractivity contribution < 1.29 is 9.53 Å². The maximum atomic E-state index is 12.0. The van der Waals surface area contributed by atoms with Crippen LogP contribution in [0.1, 0.15) is 34.8 Å². The number of Topliss-reactive ketones (excluding diaryl/α,β-unsaturated/α-hetero) is 1. The van der Waals surface area contributed by atoms with Crippen molar-refractivity contribution in [2.45, 2.75) is 26.7 Å². The minimum Gasteiger partial charge on any atom is -0.485 e. The van der Waals surface area contributed by atoms with Gasteiger partial charge in [-0.1, -0.05) is 55.3 Å². The van der Waals surface area contributed by atoms with Crippen LogP contribution in [0.15, 0.2) is 48.5 Å². The molecule has 0 aliphatic carbocycles. The van der Waals surface area contributed by atoms with Crippen molar-refractivity contribution in [3.63, 3.8) is 0 Å². The molecule has 2 rings (SSSR count). The Bertz CT molecular complexity index is 553. The Labute approximate surface area is 120 Å². The third kappa shape index (κ3) is 3.95. The van der Waals surface area contributed by atoms with Crippen molar-refractivity contribution in [3.8, 4) is 5.75 Å². The Kier molecular flexibility index (Phi) is 4.94. The molecule has 0 unspecified atom stereocenters. The minimum atomic E-state index is 0.00244. The first-order chi connectivity index (χ1) is 9.69. The van der Waals surface area contributed by atoms with Gasteiger partial charge in [0.2, 0.25) is 0 Å². The molecule has 0 aromatic heterocycles. The SMILES string of the molecule is CCCc1ccc(OCC(=O)c2ccc(C)cc2)cc1. The first kappa shape index (κ1) is 14.3. The third-order valence-corrected chi connectivity index (χ3v) is 3.21. The Hall–Kier alpha value is -2.09. The molecule has 0 aliphatic rings. The van der Waals surface area contributed by atoms with Crippen LogP contribution in [0.5, 0.6) is 5.75 Å². The molecule has 2 nitrogen and oxygen atoms in total. The zero-order valence-electron chi connectivity index (χ0n) is 12.1. The molecule has 2 heteroatoms. The lowest BCUT2D eigenvalue weighted by Crippen LogP contribution is -2.11. The Morgan fingerprint density at radius 3 is 2.25 bits per heavy atom. The van der Waals surface area contributed by atoms with Crippen molar-refractivity contribution in [2.75, 3.05) is 6.61 Å². The summed E-state index contributed by atoms with van der Waals surface area (Å²) >= 11 is 0. The topological polar surface area (TPSA) is 26.3 Å². The van der Waals surface area contributed by atoms with Crippen LogP contribution in [0.2, 0.25) is 0 Å². The molecule has 0 amide bonds. The van der Waals surface area contributed by atoms with Crippen LogP contribution >= 0.6 is 0 Å². The van der Waals surface area contributed by atoms with E-state index >= 15 is 0 Å². The van der Waals surface area contributed by atoms with Gasteiger partial charge in [0.1, 0.15) is 5.75 Å². The molecule has 2 aromatic rings. The van der Waals surface area contributed by atoms with E-state index in [0.29, 0.717) is 5.56 Å². The summed E-state index contributed by atoms with van der Waals surface area (Å²) in [5.41, 5.74) is 3.14. The molecule has 104 valence electrons. The molecule has 0 saturated heterocycles. The van der Waals surface area contributed by atoms with Gasteiger partial charge in [0.25, 0.3) is 0 Å². The molecular weight excluding hydrogens is 248 g/mol. The van der Waals surface area contributed by atoms with E-state index in [4.69, 9.17) is 4.74 Å². The number of rotatable bonds is 6. The lowest BCUT2D eigenvalue weighted by Gasteiger charge is -2.07. The van der Waals surface area contributed by atoms with Gasteiger partial charge in [-0.2, -0.15) is 0 Å². The van der Waals surface area contributed by atoms with Crippen LogP contribution in [0.25, 0.3) is 0 Å². The summed E-state index contributed by atoms with van der Waals surface area (Å²) < 4.78 is 5.54. The summed E-state index contributed by atoms with van der Waals surface area (Å²) in [5, 5.41) is 0. The van der Waals surface area contributed by atoms with E-state index in [1.165, 1.54) is 5.56 Å². The predicted molar refractivity (Wildman–Crippen MR) is 81.4 cm³/mol. The average Bonchev–Trinajstić information content (AvgIpc) is 2.47. The van der Waals surface area contributed by atoms with E-state index in [1.54, 1.807) is 0 Å². The molecule has 0 atom stereocenters. The Morgan fingerprint density at radius 2 is 1.65 bits per heavy atom. The number of hydrogen-bond acceptors (Lipinski definition) is 2. The van der Waals surface area contributed by atoms with Crippen molar-refractivity contribution in [1.29, 1.82) is 0 Å². The molecule has 0 N–H and O–H groups in total. The Balaban J connectivity index is 1.91. The maximum Gasteiger partial charge on any atom is 0.200 e. The van der Waals surface area contributed by atoms with Gasteiger partial charge >= 0.3 is 0 Å². The summed E-state index contributed by atoms with van der Waals surface area (Å²) in [7, 11) is 0. The lowest BCUT2D eigenvalue weighted by atomic mass is 10.1. The van der Waals surface area contributed by atoms with Crippen LogP contribution < -0.4 is 4.74 Å². The fourth-order valence-corrected chi connectivity index (χ4v) is 2.01. The van der Waals surface area contributed by atoms with Gasteiger partial charge in [0.15, 0.2) is 12.4 Å². The van der Waals surface area contributed by atoms with E-state index in [0.717, 1.165) is 24.2 Å². The second kappa shape index (κ2) is 6.90. The fraction of sp³-hybridized carbons (Fsp3) is 0.278. The zero-order chi connectivity index (χ0) is 14.4. The standard InChI is InChI=1S/C18H20O2/c1-3-4-15-7-11-17(12-8-15)20-13-18(19)16-9-5-14(2)6-10-16/h5-12H,3-4,13H2,1-2H3. The highest BCUT2D eigenvalue weighted by Gasteiger charge is 2.06. The van der Waals surface area contributed by atoms with Crippen molar-refractivity contribution in [1.82, 2.24) is 0 Å². The molecule has 0 saturated carbocycles. The third-order valence-electron chi connectivity index (χ3n) is 3.21. The molecule has 2 aromatic carbocycles. The van der Waals surface area contributed by atoms with Gasteiger partial charge in [-0.25, -0.2) is 0 Å². The first-order valence-corrected chi connectivity index (χ1v) is 7.00. The average molecular weight is 268 g/mol. The van der Waals surface area contributed by atoms with Gasteiger partial charge in [-0.05, 0) is 31.0 Å². The maximum absolute atomic E-state index is 12.0. The highest BCUT2D eigenvalue weighted by atomic mass is 16.5. The number of ether oxygens (including phenoxy) is 1. The number of hydrogen-bond donors (Lipinski definition) is 0. The summed E-state index contributed by atoms with van der Waals surface area (Å²) in [6, 6.07) is 15.5. The quantitative estimate of drug-likeness (QED) is 0.734. The van der Waals surface area contributed by atoms with E-state index in [-0.39, 0.29) is 12.4 Å². The molecule has 0 heterocycles. The van der Waals surface area contributed by atoms with Crippen LogP contribution in [0.3, 0.4) is 0 Å². The monoisotopic (exact) mass is 268 g/mol. The Morgan fingerprint density at radius 1 is 1.00 bits per heavy atom. The predicted octanol–water partition coefficient (Wildman–Crippen LogP) is 4.21. The van der Waals surface area contributed by atoms with Gasteiger partial charge in [0.05, 0.1) is 0 Å². The van der Waals surface area contributed by atoms with Crippen LogP contribution in [-0.2, 0) is 6.42 Å². The van der Waals surface area contributed by atoms with E-state index < -0.39 is 0 Å². The number of aryl methyl sites for hydroxylation is 2. The van der Waals surface area contributed by atoms with Gasteiger partial charge < -0.3 is 4.74 Å². The molecule has 0 fully saturated rings. The van der Waals surface area contributed by atoms with Crippen LogP contribution in [0, 0.1) is 6.92 Å². The lowest BCUT2D eigenvalue weighted by molar-refractivity contribution is 0.0921. The summed E-state index contributed by atoms with van der Waals surface area (Å²) in [6.45, 7) is 4.24. The summed E-state index contributed by atoms with van der Waals surface area (Å²) in [6.07, 6.45) is 2.20. The second-order valence-electron chi connectivity index (χ2n) is 4.97. The summed E-state index contributed by atoms with van der Waals surface area (Å²) in [4.78, 5) is 12.0. The molecular formula is C18H20O2. The van der Waals surface area contributed by atoms with Gasteiger partial charge in [0, 0.05) is 5.56 Å². The number of benzene rings is 2. The minimum absolute atomic E-state index is 0.00244. The summed E-state index contributed by atoms with van der Waals surface area (Å²) in [5.74, 6) is 0.743. The van der Waals surface area contributed by atoms with E-state index in [2.05, 4.69) is 19.1 Å². The number of carbonyl (C=O) groups is 1. The van der Waals surface area contributed by atoms with E-state index in [9.17, 15) is 4.79 Å². The van der Waals surface area contributed by atoms with Crippen molar-refractivity contribution >= 4 is 5.78 Å². The molecule has 0 spiro atoms. The largest absolute Gasteiger partial charge is 0.485 e. The number of carbonyl (C=O) groups excluding carboxylic acids is 1. The van der Waals surface area contributed by atoms with Gasteiger partial charge in [-0.15, -0.1) is 0 Å². The molecule has 20 heavy (non-hydrogen) atoms. The normalized spacial score (nSPS) is 10.3. The fourth-order valence-electron chi connectivity index (χ4n) is 2.01. The van der Waals surface area contributed by atoms with Crippen molar-refractivity contribution in [2.24, 2.45) is 0 Å². The van der Waals surface area contributed by atoms with Gasteiger partial charge in [-0.3, -0.25) is 4.79 Å².